The molecule has 0 radical (unpaired) electrons. The third-order valence-corrected chi connectivity index (χ3v) is 4.05. The molecule has 2 heterocycles. The van der Waals surface area contributed by atoms with Gasteiger partial charge < -0.3 is 9.47 Å². The Morgan fingerprint density at radius 1 is 1.33 bits per heavy atom. The Hall–Kier alpha value is -1.00. The van der Waals surface area contributed by atoms with Gasteiger partial charge in [-0.3, -0.25) is 0 Å². The van der Waals surface area contributed by atoms with Gasteiger partial charge in [-0.05, 0) is 23.8 Å². The van der Waals surface area contributed by atoms with Crippen molar-refractivity contribution < 1.29 is 0 Å². The summed E-state index contributed by atoms with van der Waals surface area (Å²) in [6.07, 6.45) is 3.90. The number of alkyl halides is 1. The van der Waals surface area contributed by atoms with E-state index in [1.807, 2.05) is 12.4 Å². The van der Waals surface area contributed by atoms with E-state index in [4.69, 9.17) is 11.6 Å². The largest absolute Gasteiger partial charge is 0.362 e. The fourth-order valence-corrected chi connectivity index (χ4v) is 2.97. The number of halogens is 2. The van der Waals surface area contributed by atoms with Gasteiger partial charge in [-0.25, -0.2) is 4.98 Å². The zero-order valence-corrected chi connectivity index (χ0v) is 12.2. The average Bonchev–Trinajstić information content (AvgIpc) is 2.85. The molecule has 0 saturated heterocycles. The van der Waals surface area contributed by atoms with Crippen LogP contribution in [-0.4, -0.2) is 16.1 Å². The van der Waals surface area contributed by atoms with E-state index in [9.17, 15) is 0 Å². The number of rotatable bonds is 2. The number of fused-ring (bicyclic) bond motifs is 1. The number of hydrogen-bond acceptors (Lipinski definition) is 2. The SMILES string of the molecule is ClCc1cc(Br)ccc1N1CCn2ccnc2C1. The smallest absolute Gasteiger partial charge is 0.128 e. The normalized spacial score (nSPS) is 14.7. The zero-order chi connectivity index (χ0) is 12.5. The monoisotopic (exact) mass is 325 g/mol. The lowest BCUT2D eigenvalue weighted by Gasteiger charge is -2.31. The number of benzene rings is 1. The molecule has 5 heteroatoms. The van der Waals surface area contributed by atoms with Crippen molar-refractivity contribution in [3.63, 3.8) is 0 Å². The molecule has 0 bridgehead atoms. The van der Waals surface area contributed by atoms with Crippen molar-refractivity contribution in [1.29, 1.82) is 0 Å². The Balaban J connectivity index is 1.93. The van der Waals surface area contributed by atoms with Gasteiger partial charge in [0, 0.05) is 41.5 Å². The third kappa shape index (κ3) is 2.15. The van der Waals surface area contributed by atoms with Crippen molar-refractivity contribution in [3.05, 3.63) is 46.5 Å². The topological polar surface area (TPSA) is 21.1 Å². The van der Waals surface area contributed by atoms with Gasteiger partial charge in [-0.15, -0.1) is 11.6 Å². The number of imidazole rings is 1. The molecule has 1 aromatic carbocycles. The van der Waals surface area contributed by atoms with Crippen LogP contribution in [0.3, 0.4) is 0 Å². The van der Waals surface area contributed by atoms with Crippen LogP contribution >= 0.6 is 27.5 Å². The molecular weight excluding hydrogens is 314 g/mol. The van der Waals surface area contributed by atoms with Crippen LogP contribution in [0.5, 0.6) is 0 Å². The van der Waals surface area contributed by atoms with E-state index in [0.29, 0.717) is 5.88 Å². The van der Waals surface area contributed by atoms with Crippen LogP contribution in [0.15, 0.2) is 35.1 Å². The van der Waals surface area contributed by atoms with E-state index in [-0.39, 0.29) is 0 Å². The minimum absolute atomic E-state index is 0.527. The van der Waals surface area contributed by atoms with Crippen LogP contribution in [0.2, 0.25) is 0 Å². The molecule has 1 aromatic heterocycles. The molecule has 0 unspecified atom stereocenters. The van der Waals surface area contributed by atoms with Crippen molar-refractivity contribution in [2.45, 2.75) is 19.0 Å². The second-order valence-corrected chi connectivity index (χ2v) is 5.55. The maximum Gasteiger partial charge on any atom is 0.128 e. The lowest BCUT2D eigenvalue weighted by atomic mass is 10.1. The van der Waals surface area contributed by atoms with E-state index in [1.54, 1.807) is 0 Å². The highest BCUT2D eigenvalue weighted by Crippen LogP contribution is 2.28. The molecule has 0 N–H and O–H groups in total. The Kier molecular flexibility index (Phi) is 3.31. The van der Waals surface area contributed by atoms with Crippen LogP contribution < -0.4 is 4.90 Å². The first-order chi connectivity index (χ1) is 8.78. The standard InChI is InChI=1S/C13H13BrClN3/c14-11-1-2-12(10(7-11)8-15)18-6-5-17-4-3-16-13(17)9-18/h1-4,7H,5-6,8-9H2. The van der Waals surface area contributed by atoms with Gasteiger partial charge in [-0.2, -0.15) is 0 Å². The van der Waals surface area contributed by atoms with Crippen molar-refractivity contribution in [3.8, 4) is 0 Å². The highest BCUT2D eigenvalue weighted by Gasteiger charge is 2.18. The van der Waals surface area contributed by atoms with Crippen molar-refractivity contribution in [2.75, 3.05) is 11.4 Å². The Morgan fingerprint density at radius 2 is 2.22 bits per heavy atom. The Morgan fingerprint density at radius 3 is 3.06 bits per heavy atom. The van der Waals surface area contributed by atoms with Gasteiger partial charge in [0.1, 0.15) is 5.82 Å². The summed E-state index contributed by atoms with van der Waals surface area (Å²) in [5.74, 6) is 1.64. The van der Waals surface area contributed by atoms with Gasteiger partial charge in [0.15, 0.2) is 0 Å². The van der Waals surface area contributed by atoms with Crippen molar-refractivity contribution in [2.24, 2.45) is 0 Å². The summed E-state index contributed by atoms with van der Waals surface area (Å²) >= 11 is 9.52. The molecule has 18 heavy (non-hydrogen) atoms. The summed E-state index contributed by atoms with van der Waals surface area (Å²) in [7, 11) is 0. The molecule has 0 atom stereocenters. The predicted molar refractivity (Wildman–Crippen MR) is 77.0 cm³/mol. The first kappa shape index (κ1) is 12.1. The lowest BCUT2D eigenvalue weighted by Crippen LogP contribution is -2.34. The number of hydrogen-bond donors (Lipinski definition) is 0. The molecule has 94 valence electrons. The van der Waals surface area contributed by atoms with Crippen LogP contribution in [0, 0.1) is 0 Å². The number of anilines is 1. The first-order valence-electron chi connectivity index (χ1n) is 5.87. The average molecular weight is 327 g/mol. The highest BCUT2D eigenvalue weighted by molar-refractivity contribution is 9.10. The van der Waals surface area contributed by atoms with E-state index < -0.39 is 0 Å². The molecular formula is C13H13BrClN3. The minimum Gasteiger partial charge on any atom is -0.362 e. The summed E-state index contributed by atoms with van der Waals surface area (Å²) < 4.78 is 3.27. The molecule has 3 nitrogen and oxygen atoms in total. The molecule has 0 saturated carbocycles. The zero-order valence-electron chi connectivity index (χ0n) is 9.81. The molecule has 1 aliphatic rings. The maximum atomic E-state index is 6.03. The van der Waals surface area contributed by atoms with Crippen molar-refractivity contribution in [1.82, 2.24) is 9.55 Å². The second-order valence-electron chi connectivity index (χ2n) is 4.37. The maximum absolute atomic E-state index is 6.03. The second kappa shape index (κ2) is 4.94. The van der Waals surface area contributed by atoms with Crippen LogP contribution in [0.25, 0.3) is 0 Å². The molecule has 0 aliphatic carbocycles. The summed E-state index contributed by atoms with van der Waals surface area (Å²) in [4.78, 5) is 6.72. The van der Waals surface area contributed by atoms with E-state index >= 15 is 0 Å². The van der Waals surface area contributed by atoms with E-state index in [1.165, 1.54) is 5.69 Å². The van der Waals surface area contributed by atoms with E-state index in [0.717, 1.165) is 35.5 Å². The van der Waals surface area contributed by atoms with Gasteiger partial charge in [0.25, 0.3) is 0 Å². The molecule has 0 amide bonds. The van der Waals surface area contributed by atoms with Gasteiger partial charge in [0.2, 0.25) is 0 Å². The lowest BCUT2D eigenvalue weighted by molar-refractivity contribution is 0.559. The van der Waals surface area contributed by atoms with Crippen molar-refractivity contribution >= 4 is 33.2 Å². The van der Waals surface area contributed by atoms with Crippen LogP contribution in [0.1, 0.15) is 11.4 Å². The van der Waals surface area contributed by atoms with Crippen LogP contribution in [-0.2, 0) is 19.0 Å². The molecule has 3 rings (SSSR count). The van der Waals surface area contributed by atoms with Gasteiger partial charge in [-0.1, -0.05) is 15.9 Å². The predicted octanol–water partition coefficient (Wildman–Crippen LogP) is 3.40. The van der Waals surface area contributed by atoms with Crippen LogP contribution in [0.4, 0.5) is 5.69 Å². The summed E-state index contributed by atoms with van der Waals surface area (Å²) in [6, 6.07) is 6.27. The highest BCUT2D eigenvalue weighted by atomic mass is 79.9. The van der Waals surface area contributed by atoms with E-state index in [2.05, 4.69) is 48.6 Å². The summed E-state index contributed by atoms with van der Waals surface area (Å²) in [5.41, 5.74) is 2.37. The molecule has 0 spiro atoms. The fraction of sp³-hybridized carbons (Fsp3) is 0.308. The molecule has 0 fully saturated rings. The molecule has 1 aliphatic heterocycles. The Bertz CT molecular complexity index is 567. The quantitative estimate of drug-likeness (QED) is 0.789. The summed E-state index contributed by atoms with van der Waals surface area (Å²) in [5, 5.41) is 0. The summed E-state index contributed by atoms with van der Waals surface area (Å²) in [6.45, 7) is 2.82. The number of aromatic nitrogens is 2. The Labute approximate surface area is 120 Å². The van der Waals surface area contributed by atoms with Gasteiger partial charge in [0.05, 0.1) is 6.54 Å². The minimum atomic E-state index is 0.527. The third-order valence-electron chi connectivity index (χ3n) is 3.27. The first-order valence-corrected chi connectivity index (χ1v) is 7.20. The van der Waals surface area contributed by atoms with Gasteiger partial charge >= 0.3 is 0 Å². The molecule has 2 aromatic rings. The number of nitrogens with zero attached hydrogens (tertiary/aromatic N) is 3. The fourth-order valence-electron chi connectivity index (χ4n) is 2.35.